The highest BCUT2D eigenvalue weighted by Crippen LogP contribution is 2.55. The first-order valence-corrected chi connectivity index (χ1v) is 15.1. The van der Waals surface area contributed by atoms with Gasteiger partial charge in [0.25, 0.3) is 5.91 Å². The Hall–Kier alpha value is -4.46. The Bertz CT molecular complexity index is 2180. The van der Waals surface area contributed by atoms with Crippen molar-refractivity contribution >= 4 is 55.3 Å². The zero-order chi connectivity index (χ0) is 29.2. The summed E-state index contributed by atoms with van der Waals surface area (Å²) in [6.45, 7) is 1.96. The Morgan fingerprint density at radius 1 is 0.930 bits per heavy atom. The van der Waals surface area contributed by atoms with Gasteiger partial charge in [-0.1, -0.05) is 54.6 Å². The summed E-state index contributed by atoms with van der Waals surface area (Å²) in [5.74, 6) is -0.279. The van der Waals surface area contributed by atoms with Crippen LogP contribution in [-0.2, 0) is 16.9 Å². The number of aromatic nitrogens is 2. The molecule has 2 aliphatic heterocycles. The number of ketones is 1. The monoisotopic (exact) mass is 569 g/mol. The molecule has 1 N–H and O–H groups in total. The van der Waals surface area contributed by atoms with Crippen LogP contribution in [-0.4, -0.2) is 50.5 Å². The molecule has 1 saturated heterocycles. The molecular formula is C36H31N3O4. The molecule has 2 aromatic heterocycles. The van der Waals surface area contributed by atoms with Gasteiger partial charge >= 0.3 is 0 Å². The number of carbonyl (C=O) groups is 2. The topological polar surface area (TPSA) is 76.7 Å². The van der Waals surface area contributed by atoms with E-state index in [-0.39, 0.29) is 30.3 Å². The van der Waals surface area contributed by atoms with Gasteiger partial charge in [-0.2, -0.15) is 0 Å². The lowest BCUT2D eigenvalue weighted by Crippen LogP contribution is -2.56. The fraction of sp³-hybridized carbons (Fsp3) is 0.278. The highest BCUT2D eigenvalue weighted by atomic mass is 16.5. The van der Waals surface area contributed by atoms with E-state index in [2.05, 4.69) is 40.3 Å². The summed E-state index contributed by atoms with van der Waals surface area (Å²) in [7, 11) is 1.84. The third-order valence-corrected chi connectivity index (χ3v) is 10.3. The van der Waals surface area contributed by atoms with Crippen molar-refractivity contribution in [2.24, 2.45) is 5.92 Å². The molecule has 9 rings (SSSR count). The van der Waals surface area contributed by atoms with E-state index >= 15 is 0 Å². The molecule has 0 radical (unpaired) electrons. The summed E-state index contributed by atoms with van der Waals surface area (Å²) < 4.78 is 11.8. The van der Waals surface area contributed by atoms with Crippen molar-refractivity contribution in [3.63, 3.8) is 0 Å². The molecular weight excluding hydrogens is 538 g/mol. The lowest BCUT2D eigenvalue weighted by atomic mass is 9.86. The average Bonchev–Trinajstić information content (AvgIpc) is 3.68. The number of hydrogen-bond acceptors (Lipinski definition) is 4. The standard InChI is InChI=1S/C36H31N3O4/c1-36-18-27(37(2)34(42)20-10-4-3-5-11-20)24(19-40)35(43-36)38-25-14-8-6-12-21(25)29-23-16-17-28(41)30(23)31-22-13-7-9-15-26(22)39(36)33(31)32(29)38/h3-15,24,27,35,40H,16-19H2,1-2H3/t24-,27-,35-,36+/m1/s1. The van der Waals surface area contributed by atoms with Crippen LogP contribution in [0.25, 0.3) is 43.6 Å². The predicted octanol–water partition coefficient (Wildman–Crippen LogP) is 6.39. The summed E-state index contributed by atoms with van der Waals surface area (Å²) in [4.78, 5) is 29.3. The van der Waals surface area contributed by atoms with Gasteiger partial charge in [-0.15, -0.1) is 0 Å². The van der Waals surface area contributed by atoms with Crippen molar-refractivity contribution in [2.75, 3.05) is 13.7 Å². The maximum absolute atomic E-state index is 13.9. The minimum Gasteiger partial charge on any atom is -0.396 e. The summed E-state index contributed by atoms with van der Waals surface area (Å²) >= 11 is 0. The van der Waals surface area contributed by atoms with Gasteiger partial charge < -0.3 is 23.9 Å². The van der Waals surface area contributed by atoms with Crippen LogP contribution in [0.1, 0.15) is 52.3 Å². The smallest absolute Gasteiger partial charge is 0.253 e. The molecule has 4 atom stereocenters. The SMILES string of the molecule is CN(C(=O)c1ccccc1)[C@@H]1C[C@]2(C)O[C@H]([C@@H]1CO)n1c3ccccc3c3c4c(c5c6ccccc6n2c5c31)C(=O)CC4. The Morgan fingerprint density at radius 2 is 1.60 bits per heavy atom. The maximum Gasteiger partial charge on any atom is 0.253 e. The Balaban J connectivity index is 1.42. The number of nitrogens with zero attached hydrogens (tertiary/aromatic N) is 3. The maximum atomic E-state index is 13.9. The van der Waals surface area contributed by atoms with E-state index in [1.54, 1.807) is 4.90 Å². The number of Topliss-reactive ketones (excluding diaryl/α,β-unsaturated/α-hetero) is 1. The summed E-state index contributed by atoms with van der Waals surface area (Å²) in [6, 6.07) is 25.6. The van der Waals surface area contributed by atoms with Gasteiger partial charge in [-0.25, -0.2) is 0 Å². The third-order valence-electron chi connectivity index (χ3n) is 10.3. The first-order chi connectivity index (χ1) is 20.9. The van der Waals surface area contributed by atoms with Gasteiger partial charge in [0, 0.05) is 64.5 Å². The van der Waals surface area contributed by atoms with Gasteiger partial charge in [-0.3, -0.25) is 9.59 Å². The van der Waals surface area contributed by atoms with E-state index in [1.165, 1.54) is 0 Å². The van der Waals surface area contributed by atoms with Gasteiger partial charge in [0.1, 0.15) is 12.0 Å². The highest BCUT2D eigenvalue weighted by Gasteiger charge is 2.52. The van der Waals surface area contributed by atoms with Crippen LogP contribution in [0.15, 0.2) is 78.9 Å². The van der Waals surface area contributed by atoms with Crippen LogP contribution in [0.2, 0.25) is 0 Å². The number of ether oxygens (including phenoxy) is 1. The number of benzene rings is 4. The molecule has 1 amide bonds. The number of rotatable bonds is 3. The Labute approximate surface area is 247 Å². The molecule has 0 spiro atoms. The molecule has 1 fully saturated rings. The molecule has 0 unspecified atom stereocenters. The van der Waals surface area contributed by atoms with Crippen molar-refractivity contribution in [2.45, 2.75) is 44.2 Å². The van der Waals surface area contributed by atoms with E-state index in [0.29, 0.717) is 24.8 Å². The molecule has 1 aliphatic carbocycles. The molecule has 7 heteroatoms. The van der Waals surface area contributed by atoms with E-state index < -0.39 is 12.0 Å². The largest absolute Gasteiger partial charge is 0.396 e. The molecule has 4 heterocycles. The van der Waals surface area contributed by atoms with E-state index in [1.807, 2.05) is 61.6 Å². The number of para-hydroxylation sites is 2. The van der Waals surface area contributed by atoms with E-state index in [4.69, 9.17) is 4.74 Å². The molecule has 3 aliphatic rings. The molecule has 6 aromatic rings. The molecule has 0 saturated carbocycles. The van der Waals surface area contributed by atoms with E-state index in [9.17, 15) is 14.7 Å². The number of hydrogen-bond donors (Lipinski definition) is 1. The second kappa shape index (κ2) is 8.56. The van der Waals surface area contributed by atoms with Crippen molar-refractivity contribution in [3.8, 4) is 0 Å². The number of aliphatic hydroxyl groups excluding tert-OH is 1. The molecule has 7 nitrogen and oxygen atoms in total. The van der Waals surface area contributed by atoms with Crippen LogP contribution >= 0.6 is 0 Å². The fourth-order valence-corrected chi connectivity index (χ4v) is 8.56. The van der Waals surface area contributed by atoms with Gasteiger partial charge in [-0.05, 0) is 43.2 Å². The second-order valence-electron chi connectivity index (χ2n) is 12.5. The third kappa shape index (κ3) is 3.06. The Kier molecular flexibility index (Phi) is 4.99. The van der Waals surface area contributed by atoms with Gasteiger partial charge in [0.15, 0.2) is 5.78 Å². The van der Waals surface area contributed by atoms with Gasteiger partial charge in [0.2, 0.25) is 0 Å². The quantitative estimate of drug-likeness (QED) is 0.268. The normalized spacial score (nSPS) is 24.3. The van der Waals surface area contributed by atoms with Crippen LogP contribution in [0.3, 0.4) is 0 Å². The lowest BCUT2D eigenvalue weighted by molar-refractivity contribution is -0.233. The Morgan fingerprint density at radius 3 is 2.35 bits per heavy atom. The number of aliphatic hydroxyl groups is 1. The summed E-state index contributed by atoms with van der Waals surface area (Å²) in [5.41, 5.74) is 5.76. The summed E-state index contributed by atoms with van der Waals surface area (Å²) in [5, 5.41) is 15.3. The molecule has 43 heavy (non-hydrogen) atoms. The molecule has 2 bridgehead atoms. The number of amides is 1. The number of fused-ring (bicyclic) bond motifs is 13. The predicted molar refractivity (Wildman–Crippen MR) is 166 cm³/mol. The van der Waals surface area contributed by atoms with Crippen molar-refractivity contribution < 1.29 is 19.4 Å². The first-order valence-electron chi connectivity index (χ1n) is 15.1. The van der Waals surface area contributed by atoms with Crippen molar-refractivity contribution in [1.29, 1.82) is 0 Å². The number of carbonyl (C=O) groups excluding carboxylic acids is 2. The summed E-state index contributed by atoms with van der Waals surface area (Å²) in [6.07, 6.45) is 1.15. The highest BCUT2D eigenvalue weighted by molar-refractivity contribution is 6.31. The first kappa shape index (κ1) is 25.1. The molecule has 4 aromatic carbocycles. The van der Waals surface area contributed by atoms with Crippen molar-refractivity contribution in [3.05, 3.63) is 95.6 Å². The zero-order valence-corrected chi connectivity index (χ0v) is 24.1. The van der Waals surface area contributed by atoms with Crippen LogP contribution in [0, 0.1) is 5.92 Å². The lowest BCUT2D eigenvalue weighted by Gasteiger charge is -2.49. The second-order valence-corrected chi connectivity index (χ2v) is 12.5. The minimum atomic E-state index is -0.865. The van der Waals surface area contributed by atoms with Crippen LogP contribution in [0.4, 0.5) is 0 Å². The van der Waals surface area contributed by atoms with E-state index in [0.717, 1.165) is 54.7 Å². The molecule has 214 valence electrons. The van der Waals surface area contributed by atoms with Crippen LogP contribution in [0.5, 0.6) is 0 Å². The van der Waals surface area contributed by atoms with Gasteiger partial charge in [0.05, 0.1) is 28.7 Å². The number of aryl methyl sites for hydroxylation is 1. The van der Waals surface area contributed by atoms with Crippen molar-refractivity contribution in [1.82, 2.24) is 14.0 Å². The zero-order valence-electron chi connectivity index (χ0n) is 24.1. The van der Waals surface area contributed by atoms with Crippen LogP contribution < -0.4 is 0 Å². The average molecular weight is 570 g/mol. The minimum absolute atomic E-state index is 0.0848. The fourth-order valence-electron chi connectivity index (χ4n) is 8.56.